The Labute approximate surface area is 164 Å². The first-order chi connectivity index (χ1) is 13.5. The molecule has 1 N–H and O–H groups in total. The van der Waals surface area contributed by atoms with E-state index in [0.717, 1.165) is 17.7 Å². The fraction of sp³-hybridized carbons (Fsp3) is 0.158. The number of rotatable bonds is 7. The highest BCUT2D eigenvalue weighted by molar-refractivity contribution is 8.00. The highest BCUT2D eigenvalue weighted by Crippen LogP contribution is 2.27. The number of amides is 1. The Morgan fingerprint density at radius 1 is 1.32 bits per heavy atom. The van der Waals surface area contributed by atoms with Gasteiger partial charge in [-0.1, -0.05) is 17.8 Å². The van der Waals surface area contributed by atoms with Crippen molar-refractivity contribution in [2.24, 2.45) is 0 Å². The minimum atomic E-state index is -1.02. The van der Waals surface area contributed by atoms with Crippen LogP contribution in [-0.2, 0) is 11.3 Å². The molecule has 0 aliphatic rings. The molecule has 1 amide bonds. The van der Waals surface area contributed by atoms with Gasteiger partial charge in [0.15, 0.2) is 22.6 Å². The second-order valence-corrected chi connectivity index (χ2v) is 7.13. The maximum Gasteiger partial charge on any atom is 0.237 e. The van der Waals surface area contributed by atoms with E-state index < -0.39 is 16.9 Å². The van der Waals surface area contributed by atoms with Gasteiger partial charge >= 0.3 is 0 Å². The summed E-state index contributed by atoms with van der Waals surface area (Å²) < 4.78 is 28.2. The third-order valence-electron chi connectivity index (χ3n) is 3.79. The van der Waals surface area contributed by atoms with Crippen molar-refractivity contribution in [2.75, 3.05) is 5.32 Å². The largest absolute Gasteiger partial charge is 0.325 e. The van der Waals surface area contributed by atoms with Gasteiger partial charge in [0.05, 0.1) is 5.25 Å². The quantitative estimate of drug-likeness (QED) is 0.480. The third kappa shape index (κ3) is 4.42. The lowest BCUT2D eigenvalue weighted by molar-refractivity contribution is -0.115. The molecule has 1 aromatic carbocycles. The molecule has 0 saturated carbocycles. The number of thioether (sulfide) groups is 1. The normalized spacial score (nSPS) is 11.8. The number of carbonyl (C=O) groups excluding carboxylic acids is 1. The molecule has 1 atom stereocenters. The van der Waals surface area contributed by atoms with Gasteiger partial charge in [0.25, 0.3) is 0 Å². The van der Waals surface area contributed by atoms with Gasteiger partial charge in [-0.2, -0.15) is 0 Å². The molecule has 0 fully saturated rings. The summed E-state index contributed by atoms with van der Waals surface area (Å²) in [6.45, 7) is 5.90. The number of aromatic nitrogens is 4. The zero-order valence-corrected chi connectivity index (χ0v) is 15.8. The van der Waals surface area contributed by atoms with Crippen molar-refractivity contribution in [3.63, 3.8) is 0 Å². The van der Waals surface area contributed by atoms with Gasteiger partial charge in [0.1, 0.15) is 0 Å². The Balaban J connectivity index is 1.76. The van der Waals surface area contributed by atoms with Crippen LogP contribution in [0.25, 0.3) is 11.4 Å². The van der Waals surface area contributed by atoms with Gasteiger partial charge in [0, 0.05) is 36.3 Å². The van der Waals surface area contributed by atoms with Crippen molar-refractivity contribution < 1.29 is 13.6 Å². The average Bonchev–Trinajstić information content (AvgIpc) is 3.08. The van der Waals surface area contributed by atoms with E-state index in [1.807, 2.05) is 10.6 Å². The monoisotopic (exact) mass is 401 g/mol. The van der Waals surface area contributed by atoms with E-state index in [1.54, 1.807) is 31.5 Å². The summed E-state index contributed by atoms with van der Waals surface area (Å²) in [6, 6.07) is 6.86. The van der Waals surface area contributed by atoms with Crippen molar-refractivity contribution in [3.05, 3.63) is 67.0 Å². The summed E-state index contributed by atoms with van der Waals surface area (Å²) in [7, 11) is 0. The number of nitrogens with one attached hydrogen (secondary N) is 1. The summed E-state index contributed by atoms with van der Waals surface area (Å²) in [5.41, 5.74) is 0.975. The van der Waals surface area contributed by atoms with Gasteiger partial charge in [-0.25, -0.2) is 8.78 Å². The molecule has 3 aromatic rings. The van der Waals surface area contributed by atoms with E-state index in [0.29, 0.717) is 17.5 Å². The molecule has 0 radical (unpaired) electrons. The maximum atomic E-state index is 13.3. The first kappa shape index (κ1) is 19.7. The van der Waals surface area contributed by atoms with Gasteiger partial charge in [-0.3, -0.25) is 14.3 Å². The van der Waals surface area contributed by atoms with E-state index >= 15 is 0 Å². The number of allylic oxidation sites excluding steroid dienone is 1. The minimum Gasteiger partial charge on any atom is -0.325 e. The fourth-order valence-electron chi connectivity index (χ4n) is 2.41. The van der Waals surface area contributed by atoms with Gasteiger partial charge in [0.2, 0.25) is 5.91 Å². The second-order valence-electron chi connectivity index (χ2n) is 5.83. The minimum absolute atomic E-state index is 0.181. The second kappa shape index (κ2) is 8.75. The molecule has 0 bridgehead atoms. The van der Waals surface area contributed by atoms with E-state index in [9.17, 15) is 13.6 Å². The highest BCUT2D eigenvalue weighted by atomic mass is 32.2. The molecule has 0 unspecified atom stereocenters. The lowest BCUT2D eigenvalue weighted by Gasteiger charge is -2.13. The number of halogens is 2. The Hall–Kier alpha value is -3.07. The smallest absolute Gasteiger partial charge is 0.237 e. The molecule has 0 aliphatic carbocycles. The number of pyridine rings is 1. The number of hydrogen-bond acceptors (Lipinski definition) is 5. The first-order valence-corrected chi connectivity index (χ1v) is 9.24. The number of hydrogen-bond donors (Lipinski definition) is 1. The number of carbonyl (C=O) groups is 1. The van der Waals surface area contributed by atoms with Crippen molar-refractivity contribution in [1.29, 1.82) is 0 Å². The summed E-state index contributed by atoms with van der Waals surface area (Å²) in [5, 5.41) is 10.9. The lowest BCUT2D eigenvalue weighted by Crippen LogP contribution is -2.23. The summed E-state index contributed by atoms with van der Waals surface area (Å²) in [4.78, 5) is 16.5. The van der Waals surface area contributed by atoms with Crippen LogP contribution in [0.3, 0.4) is 0 Å². The summed E-state index contributed by atoms with van der Waals surface area (Å²) in [5.74, 6) is -1.75. The molecular weight excluding hydrogens is 384 g/mol. The SMILES string of the molecule is C=CCn1c(S[C@H](C)C(=O)Nc2ccc(F)c(F)c2)nnc1-c1cccnc1. The summed E-state index contributed by atoms with van der Waals surface area (Å²) >= 11 is 1.20. The van der Waals surface area contributed by atoms with Crippen LogP contribution >= 0.6 is 11.8 Å². The molecule has 2 heterocycles. The van der Waals surface area contributed by atoms with Crippen LogP contribution in [0.15, 0.2) is 60.5 Å². The molecule has 0 spiro atoms. The van der Waals surface area contributed by atoms with Crippen LogP contribution in [0.5, 0.6) is 0 Å². The zero-order chi connectivity index (χ0) is 20.1. The third-order valence-corrected chi connectivity index (χ3v) is 4.87. The van der Waals surface area contributed by atoms with Crippen molar-refractivity contribution in [2.45, 2.75) is 23.9 Å². The van der Waals surface area contributed by atoms with E-state index in [4.69, 9.17) is 0 Å². The summed E-state index contributed by atoms with van der Waals surface area (Å²) in [6.07, 6.45) is 5.05. The van der Waals surface area contributed by atoms with E-state index in [-0.39, 0.29) is 11.6 Å². The molecule has 6 nitrogen and oxygen atoms in total. The van der Waals surface area contributed by atoms with Crippen LogP contribution < -0.4 is 5.32 Å². The molecule has 144 valence electrons. The van der Waals surface area contributed by atoms with E-state index in [2.05, 4.69) is 27.1 Å². The zero-order valence-electron chi connectivity index (χ0n) is 15.0. The van der Waals surface area contributed by atoms with Crippen molar-refractivity contribution in [3.8, 4) is 11.4 Å². The Bertz CT molecular complexity index is 993. The lowest BCUT2D eigenvalue weighted by atomic mass is 10.3. The van der Waals surface area contributed by atoms with Gasteiger partial charge < -0.3 is 5.32 Å². The standard InChI is InChI=1S/C19H17F2N5OS/c1-3-9-26-17(13-5-4-8-22-11-13)24-25-19(26)28-12(2)18(27)23-14-6-7-15(20)16(21)10-14/h3-8,10-12H,1,9H2,2H3,(H,23,27)/t12-/m1/s1. The molecular formula is C19H17F2N5OS. The highest BCUT2D eigenvalue weighted by Gasteiger charge is 2.21. The van der Waals surface area contributed by atoms with Crippen LogP contribution in [0.4, 0.5) is 14.5 Å². The average molecular weight is 401 g/mol. The van der Waals surface area contributed by atoms with Crippen molar-refractivity contribution in [1.82, 2.24) is 19.7 Å². The number of anilines is 1. The molecule has 0 saturated heterocycles. The number of nitrogens with zero attached hydrogens (tertiary/aromatic N) is 4. The number of benzene rings is 1. The van der Waals surface area contributed by atoms with Crippen LogP contribution in [-0.4, -0.2) is 30.9 Å². The molecule has 9 heteroatoms. The van der Waals surface area contributed by atoms with Gasteiger partial charge in [-0.05, 0) is 31.2 Å². The van der Waals surface area contributed by atoms with Gasteiger partial charge in [-0.15, -0.1) is 16.8 Å². The Kier molecular flexibility index (Phi) is 6.15. The van der Waals surface area contributed by atoms with E-state index in [1.165, 1.54) is 17.8 Å². The molecule has 28 heavy (non-hydrogen) atoms. The molecule has 2 aromatic heterocycles. The Morgan fingerprint density at radius 3 is 2.82 bits per heavy atom. The maximum absolute atomic E-state index is 13.3. The fourth-order valence-corrected chi connectivity index (χ4v) is 3.27. The van der Waals surface area contributed by atoms with Crippen LogP contribution in [0.1, 0.15) is 6.92 Å². The molecule has 0 aliphatic heterocycles. The predicted octanol–water partition coefficient (Wildman–Crippen LogP) is 3.92. The Morgan fingerprint density at radius 2 is 2.14 bits per heavy atom. The predicted molar refractivity (Wildman–Crippen MR) is 104 cm³/mol. The topological polar surface area (TPSA) is 72.7 Å². The van der Waals surface area contributed by atoms with Crippen LogP contribution in [0.2, 0.25) is 0 Å². The molecule has 3 rings (SSSR count). The van der Waals surface area contributed by atoms with Crippen molar-refractivity contribution >= 4 is 23.4 Å². The van der Waals surface area contributed by atoms with Crippen LogP contribution in [0, 0.1) is 11.6 Å². The first-order valence-electron chi connectivity index (χ1n) is 8.36.